The first-order valence-electron chi connectivity index (χ1n) is 8.30. The SMILES string of the molecule is O=S(=O)(c1ccc(O)cc1)c1ncn(-c2ccccc2)c1-c1ccccc1. The average Bonchev–Trinajstić information content (AvgIpc) is 3.16. The number of aromatic hydroxyl groups is 1. The van der Waals surface area contributed by atoms with Gasteiger partial charge in [-0.15, -0.1) is 0 Å². The number of phenols is 1. The molecule has 6 heteroatoms. The fourth-order valence-corrected chi connectivity index (χ4v) is 4.28. The van der Waals surface area contributed by atoms with Gasteiger partial charge >= 0.3 is 0 Å². The van der Waals surface area contributed by atoms with Gasteiger partial charge in [0.15, 0.2) is 5.03 Å². The smallest absolute Gasteiger partial charge is 0.226 e. The van der Waals surface area contributed by atoms with Crippen LogP contribution < -0.4 is 0 Å². The second-order valence-electron chi connectivity index (χ2n) is 5.97. The Morgan fingerprint density at radius 1 is 0.778 bits per heavy atom. The van der Waals surface area contributed by atoms with Gasteiger partial charge in [0, 0.05) is 11.3 Å². The Morgan fingerprint density at radius 3 is 2.00 bits per heavy atom. The largest absolute Gasteiger partial charge is 0.508 e. The highest BCUT2D eigenvalue weighted by molar-refractivity contribution is 7.91. The Balaban J connectivity index is 1.97. The predicted octanol–water partition coefficient (Wildman–Crippen LogP) is 4.08. The minimum atomic E-state index is -3.86. The van der Waals surface area contributed by atoms with E-state index in [2.05, 4.69) is 4.98 Å². The van der Waals surface area contributed by atoms with Gasteiger partial charge in [-0.25, -0.2) is 13.4 Å². The van der Waals surface area contributed by atoms with Crippen LogP contribution in [0.1, 0.15) is 0 Å². The number of rotatable bonds is 4. The minimum Gasteiger partial charge on any atom is -0.508 e. The standard InChI is InChI=1S/C21H16N2O3S/c24-18-11-13-19(14-12-18)27(25,26)21-20(16-7-3-1-4-8-16)23(15-22-21)17-9-5-2-6-10-17/h1-15,24H. The topological polar surface area (TPSA) is 72.2 Å². The van der Waals surface area contributed by atoms with E-state index in [0.717, 1.165) is 11.3 Å². The maximum absolute atomic E-state index is 13.2. The molecule has 1 N–H and O–H groups in total. The van der Waals surface area contributed by atoms with E-state index < -0.39 is 9.84 Å². The molecule has 0 amide bonds. The summed E-state index contributed by atoms with van der Waals surface area (Å²) < 4.78 is 28.2. The number of benzene rings is 3. The highest BCUT2D eigenvalue weighted by Crippen LogP contribution is 2.33. The fraction of sp³-hybridized carbons (Fsp3) is 0. The van der Waals surface area contributed by atoms with Crippen LogP contribution in [-0.4, -0.2) is 23.1 Å². The van der Waals surface area contributed by atoms with E-state index in [1.165, 1.54) is 30.6 Å². The molecule has 0 saturated carbocycles. The molecule has 0 saturated heterocycles. The molecular weight excluding hydrogens is 360 g/mol. The highest BCUT2D eigenvalue weighted by atomic mass is 32.2. The zero-order valence-electron chi connectivity index (χ0n) is 14.2. The van der Waals surface area contributed by atoms with Crippen molar-refractivity contribution in [2.75, 3.05) is 0 Å². The van der Waals surface area contributed by atoms with Crippen molar-refractivity contribution in [2.45, 2.75) is 9.92 Å². The summed E-state index contributed by atoms with van der Waals surface area (Å²) in [5, 5.41) is 9.44. The normalized spacial score (nSPS) is 11.4. The molecule has 1 aromatic heterocycles. The van der Waals surface area contributed by atoms with Crippen LogP contribution in [0.5, 0.6) is 5.75 Å². The van der Waals surface area contributed by atoms with Crippen molar-refractivity contribution >= 4 is 9.84 Å². The van der Waals surface area contributed by atoms with Crippen LogP contribution in [0.2, 0.25) is 0 Å². The van der Waals surface area contributed by atoms with E-state index >= 15 is 0 Å². The second kappa shape index (κ2) is 6.74. The number of phenolic OH excluding ortho intramolecular Hbond substituents is 1. The third-order valence-corrected chi connectivity index (χ3v) is 5.92. The van der Waals surface area contributed by atoms with E-state index in [4.69, 9.17) is 0 Å². The van der Waals surface area contributed by atoms with Crippen LogP contribution >= 0.6 is 0 Å². The Morgan fingerprint density at radius 2 is 1.37 bits per heavy atom. The number of hydrogen-bond acceptors (Lipinski definition) is 4. The summed E-state index contributed by atoms with van der Waals surface area (Å²) in [5.41, 5.74) is 2.06. The molecule has 0 unspecified atom stereocenters. The molecule has 4 rings (SSSR count). The second-order valence-corrected chi connectivity index (χ2v) is 7.83. The minimum absolute atomic E-state index is 0.00653. The fourth-order valence-electron chi connectivity index (χ4n) is 2.91. The van der Waals surface area contributed by atoms with E-state index in [1.807, 2.05) is 60.7 Å². The molecule has 1 heterocycles. The van der Waals surface area contributed by atoms with Crippen LogP contribution in [0.3, 0.4) is 0 Å². The monoisotopic (exact) mass is 376 g/mol. The van der Waals surface area contributed by atoms with Crippen LogP contribution in [0, 0.1) is 0 Å². The number of para-hydroxylation sites is 1. The maximum Gasteiger partial charge on any atom is 0.226 e. The molecule has 0 aliphatic rings. The third kappa shape index (κ3) is 3.11. The van der Waals surface area contributed by atoms with Crippen molar-refractivity contribution in [2.24, 2.45) is 0 Å². The number of aromatic nitrogens is 2. The summed E-state index contributed by atoms with van der Waals surface area (Å²) in [7, 11) is -3.86. The molecule has 0 spiro atoms. The number of nitrogens with zero attached hydrogens (tertiary/aromatic N) is 2. The van der Waals surface area contributed by atoms with Gasteiger partial charge in [0.05, 0.1) is 10.6 Å². The molecule has 0 aliphatic heterocycles. The summed E-state index contributed by atoms with van der Waals surface area (Å²) >= 11 is 0. The van der Waals surface area contributed by atoms with Gasteiger partial charge < -0.3 is 5.11 Å². The first-order valence-corrected chi connectivity index (χ1v) is 9.78. The van der Waals surface area contributed by atoms with Crippen LogP contribution in [-0.2, 0) is 9.84 Å². The van der Waals surface area contributed by atoms with Crippen molar-refractivity contribution in [3.63, 3.8) is 0 Å². The lowest BCUT2D eigenvalue weighted by molar-refractivity contribution is 0.475. The van der Waals surface area contributed by atoms with Crippen LogP contribution in [0.15, 0.2) is 101 Å². The van der Waals surface area contributed by atoms with Gasteiger partial charge in [-0.1, -0.05) is 48.5 Å². The lowest BCUT2D eigenvalue weighted by atomic mass is 10.1. The summed E-state index contributed by atoms with van der Waals surface area (Å²) in [6.07, 6.45) is 1.52. The number of imidazole rings is 1. The maximum atomic E-state index is 13.2. The summed E-state index contributed by atoms with van der Waals surface area (Å²) in [5.74, 6) is 0.00653. The van der Waals surface area contributed by atoms with E-state index in [1.54, 1.807) is 4.57 Å². The predicted molar refractivity (Wildman–Crippen MR) is 103 cm³/mol. The molecule has 3 aromatic carbocycles. The first kappa shape index (κ1) is 17.1. The Bertz CT molecular complexity index is 1170. The highest BCUT2D eigenvalue weighted by Gasteiger charge is 2.27. The molecule has 0 bridgehead atoms. The molecule has 0 aliphatic carbocycles. The van der Waals surface area contributed by atoms with Gasteiger partial charge in [-0.2, -0.15) is 0 Å². The van der Waals surface area contributed by atoms with Crippen molar-refractivity contribution < 1.29 is 13.5 Å². The summed E-state index contributed by atoms with van der Waals surface area (Å²) in [4.78, 5) is 4.33. The van der Waals surface area contributed by atoms with Crippen LogP contribution in [0.4, 0.5) is 0 Å². The van der Waals surface area contributed by atoms with Gasteiger partial charge in [0.1, 0.15) is 12.1 Å². The Hall–Kier alpha value is -3.38. The molecule has 134 valence electrons. The molecule has 4 aromatic rings. The van der Waals surface area contributed by atoms with E-state index in [0.29, 0.717) is 5.69 Å². The first-order chi connectivity index (χ1) is 13.1. The van der Waals surface area contributed by atoms with Crippen molar-refractivity contribution in [1.29, 1.82) is 0 Å². The van der Waals surface area contributed by atoms with Crippen molar-refractivity contribution in [3.8, 4) is 22.7 Å². The summed E-state index contributed by atoms with van der Waals surface area (Å²) in [6, 6.07) is 24.2. The average molecular weight is 376 g/mol. The van der Waals surface area contributed by atoms with E-state index in [9.17, 15) is 13.5 Å². The third-order valence-electron chi connectivity index (χ3n) is 4.22. The van der Waals surface area contributed by atoms with Gasteiger partial charge in [0.2, 0.25) is 9.84 Å². The summed E-state index contributed by atoms with van der Waals surface area (Å²) in [6.45, 7) is 0. The van der Waals surface area contributed by atoms with Gasteiger partial charge in [0.25, 0.3) is 0 Å². The molecular formula is C21H16N2O3S. The lowest BCUT2D eigenvalue weighted by Gasteiger charge is -2.11. The Kier molecular flexibility index (Phi) is 4.25. The van der Waals surface area contributed by atoms with Crippen molar-refractivity contribution in [1.82, 2.24) is 9.55 Å². The molecule has 0 atom stereocenters. The van der Waals surface area contributed by atoms with Gasteiger partial charge in [-0.05, 0) is 36.4 Å². The van der Waals surface area contributed by atoms with E-state index in [-0.39, 0.29) is 15.7 Å². The molecule has 0 fully saturated rings. The van der Waals surface area contributed by atoms with Gasteiger partial charge in [-0.3, -0.25) is 4.57 Å². The zero-order valence-corrected chi connectivity index (χ0v) is 15.0. The quantitative estimate of drug-likeness (QED) is 0.583. The molecule has 27 heavy (non-hydrogen) atoms. The zero-order chi connectivity index (χ0) is 18.9. The molecule has 0 radical (unpaired) electrons. The van der Waals surface area contributed by atoms with Crippen LogP contribution in [0.25, 0.3) is 16.9 Å². The van der Waals surface area contributed by atoms with Crippen molar-refractivity contribution in [3.05, 3.63) is 91.3 Å². The lowest BCUT2D eigenvalue weighted by Crippen LogP contribution is -2.05. The number of sulfone groups is 1. The Labute approximate surface area is 157 Å². The molecule has 5 nitrogen and oxygen atoms in total. The number of hydrogen-bond donors (Lipinski definition) is 1.